The predicted octanol–water partition coefficient (Wildman–Crippen LogP) is 3.71. The van der Waals surface area contributed by atoms with Crippen molar-refractivity contribution in [2.75, 3.05) is 6.54 Å². The smallest absolute Gasteiger partial charge is 0.0230 e. The van der Waals surface area contributed by atoms with Crippen LogP contribution in [-0.4, -0.2) is 12.6 Å². The molecule has 0 aromatic rings. The molecule has 1 aliphatic heterocycles. The zero-order chi connectivity index (χ0) is 12.7. The summed E-state index contributed by atoms with van der Waals surface area (Å²) >= 11 is 0. The lowest BCUT2D eigenvalue weighted by molar-refractivity contribution is 0.914. The van der Waals surface area contributed by atoms with Crippen molar-refractivity contribution in [3.8, 4) is 0 Å². The molecule has 0 bridgehead atoms. The monoisotopic (exact) mass is 227 g/mol. The minimum atomic E-state index is 0.689. The second-order valence-corrected chi connectivity index (χ2v) is 4.21. The SMILES string of the molecule is C=C/C=C(C=C)/C(C=C)=C/C=C(\C)CC1CN1. The van der Waals surface area contributed by atoms with Crippen molar-refractivity contribution >= 4 is 0 Å². The molecule has 0 aliphatic carbocycles. The van der Waals surface area contributed by atoms with Crippen LogP contribution in [0.1, 0.15) is 13.3 Å². The van der Waals surface area contributed by atoms with Gasteiger partial charge in [-0.25, -0.2) is 0 Å². The molecule has 0 saturated carbocycles. The number of hydrogen-bond acceptors (Lipinski definition) is 1. The second-order valence-electron chi connectivity index (χ2n) is 4.21. The first-order valence-electron chi connectivity index (χ1n) is 5.90. The largest absolute Gasteiger partial charge is 0.311 e. The fourth-order valence-corrected chi connectivity index (χ4v) is 1.61. The van der Waals surface area contributed by atoms with E-state index in [0.717, 1.165) is 24.1 Å². The summed E-state index contributed by atoms with van der Waals surface area (Å²) in [7, 11) is 0. The molecule has 0 radical (unpaired) electrons. The van der Waals surface area contributed by atoms with Gasteiger partial charge in [0.1, 0.15) is 0 Å². The number of hydrogen-bond donors (Lipinski definition) is 1. The van der Waals surface area contributed by atoms with Gasteiger partial charge in [-0.1, -0.05) is 61.8 Å². The van der Waals surface area contributed by atoms with Gasteiger partial charge >= 0.3 is 0 Å². The van der Waals surface area contributed by atoms with Crippen molar-refractivity contribution in [2.45, 2.75) is 19.4 Å². The van der Waals surface area contributed by atoms with Crippen LogP contribution in [0, 0.1) is 0 Å². The first-order chi connectivity index (χ1) is 8.21. The van der Waals surface area contributed by atoms with Gasteiger partial charge < -0.3 is 5.32 Å². The lowest BCUT2D eigenvalue weighted by Gasteiger charge is -2.02. The summed E-state index contributed by atoms with van der Waals surface area (Å²) in [5.74, 6) is 0. The Morgan fingerprint density at radius 3 is 2.18 bits per heavy atom. The Morgan fingerprint density at radius 1 is 1.12 bits per heavy atom. The second kappa shape index (κ2) is 6.87. The van der Waals surface area contributed by atoms with Crippen molar-refractivity contribution in [3.63, 3.8) is 0 Å². The van der Waals surface area contributed by atoms with E-state index in [1.807, 2.05) is 18.2 Å². The van der Waals surface area contributed by atoms with Gasteiger partial charge in [0.25, 0.3) is 0 Å². The quantitative estimate of drug-likeness (QED) is 0.520. The molecule has 0 aromatic heterocycles. The highest BCUT2D eigenvalue weighted by Gasteiger charge is 2.19. The third-order valence-corrected chi connectivity index (χ3v) is 2.68. The first kappa shape index (κ1) is 13.5. The fraction of sp³-hybridized carbons (Fsp3) is 0.250. The van der Waals surface area contributed by atoms with Crippen LogP contribution in [0.25, 0.3) is 0 Å². The van der Waals surface area contributed by atoms with Crippen LogP contribution in [-0.2, 0) is 0 Å². The summed E-state index contributed by atoms with van der Waals surface area (Å²) in [6.07, 6.45) is 12.7. The van der Waals surface area contributed by atoms with E-state index in [2.05, 4.69) is 44.1 Å². The van der Waals surface area contributed by atoms with Crippen LogP contribution in [0.3, 0.4) is 0 Å². The first-order valence-corrected chi connectivity index (χ1v) is 5.90. The summed E-state index contributed by atoms with van der Waals surface area (Å²) in [6, 6.07) is 0.689. The Balaban J connectivity index is 2.76. The van der Waals surface area contributed by atoms with Gasteiger partial charge in [-0.2, -0.15) is 0 Å². The lowest BCUT2D eigenvalue weighted by atomic mass is 10.0. The van der Waals surface area contributed by atoms with Crippen molar-refractivity contribution in [1.82, 2.24) is 5.32 Å². The summed E-state index contributed by atoms with van der Waals surface area (Å²) in [6.45, 7) is 14.6. The Hall–Kier alpha value is -1.60. The molecule has 0 amide bonds. The van der Waals surface area contributed by atoms with Crippen LogP contribution in [0.5, 0.6) is 0 Å². The van der Waals surface area contributed by atoms with Gasteiger partial charge in [0.05, 0.1) is 0 Å². The van der Waals surface area contributed by atoms with Gasteiger partial charge in [-0.3, -0.25) is 0 Å². The Bertz CT molecular complexity index is 390. The van der Waals surface area contributed by atoms with Crippen molar-refractivity contribution in [1.29, 1.82) is 0 Å². The minimum absolute atomic E-state index is 0.689. The molecule has 1 heterocycles. The summed E-state index contributed by atoms with van der Waals surface area (Å²) in [4.78, 5) is 0. The van der Waals surface area contributed by atoms with E-state index in [1.54, 1.807) is 6.08 Å². The van der Waals surface area contributed by atoms with Gasteiger partial charge in [-0.15, -0.1) is 0 Å². The number of allylic oxidation sites excluding steroid dienone is 8. The Kier molecular flexibility index (Phi) is 5.44. The van der Waals surface area contributed by atoms with Crippen LogP contribution >= 0.6 is 0 Å². The average molecular weight is 227 g/mol. The van der Waals surface area contributed by atoms with Crippen LogP contribution < -0.4 is 5.32 Å². The highest BCUT2D eigenvalue weighted by atomic mass is 15.1. The van der Waals surface area contributed by atoms with Gasteiger partial charge in [-0.05, 0) is 24.5 Å². The maximum Gasteiger partial charge on any atom is 0.0230 e. The van der Waals surface area contributed by atoms with E-state index in [-0.39, 0.29) is 0 Å². The Labute approximate surface area is 105 Å². The molecule has 1 heteroatoms. The van der Waals surface area contributed by atoms with E-state index in [1.165, 1.54) is 5.57 Å². The topological polar surface area (TPSA) is 21.9 Å². The molecular formula is C16H21N. The Morgan fingerprint density at radius 2 is 1.71 bits per heavy atom. The molecular weight excluding hydrogens is 206 g/mol. The van der Waals surface area contributed by atoms with E-state index in [9.17, 15) is 0 Å². The van der Waals surface area contributed by atoms with E-state index in [0.29, 0.717) is 6.04 Å². The zero-order valence-electron chi connectivity index (χ0n) is 10.6. The molecule has 1 fully saturated rings. The van der Waals surface area contributed by atoms with Gasteiger partial charge in [0.15, 0.2) is 0 Å². The van der Waals surface area contributed by atoms with Gasteiger partial charge in [0.2, 0.25) is 0 Å². The van der Waals surface area contributed by atoms with Crippen LogP contribution in [0.2, 0.25) is 0 Å². The minimum Gasteiger partial charge on any atom is -0.311 e. The molecule has 1 N–H and O–H groups in total. The molecule has 1 atom stereocenters. The van der Waals surface area contributed by atoms with E-state index < -0.39 is 0 Å². The average Bonchev–Trinajstić information content (AvgIpc) is 3.12. The highest BCUT2D eigenvalue weighted by molar-refractivity contribution is 5.48. The molecule has 17 heavy (non-hydrogen) atoms. The number of nitrogens with one attached hydrogen (secondary N) is 1. The zero-order valence-corrected chi connectivity index (χ0v) is 10.6. The van der Waals surface area contributed by atoms with Crippen LogP contribution in [0.4, 0.5) is 0 Å². The van der Waals surface area contributed by atoms with E-state index in [4.69, 9.17) is 0 Å². The van der Waals surface area contributed by atoms with Crippen molar-refractivity contribution < 1.29 is 0 Å². The maximum absolute atomic E-state index is 3.83. The highest BCUT2D eigenvalue weighted by Crippen LogP contribution is 2.15. The summed E-state index contributed by atoms with van der Waals surface area (Å²) in [5.41, 5.74) is 3.49. The molecule has 1 saturated heterocycles. The molecule has 1 nitrogen and oxygen atoms in total. The molecule has 90 valence electrons. The summed E-state index contributed by atoms with van der Waals surface area (Å²) in [5, 5.41) is 3.30. The maximum atomic E-state index is 3.83. The third kappa shape index (κ3) is 4.83. The lowest BCUT2D eigenvalue weighted by Crippen LogP contribution is -1.90. The number of rotatable bonds is 7. The fourth-order valence-electron chi connectivity index (χ4n) is 1.61. The normalized spacial score (nSPS) is 21.0. The molecule has 1 unspecified atom stereocenters. The molecule has 0 aromatic carbocycles. The van der Waals surface area contributed by atoms with Gasteiger partial charge in [0, 0.05) is 12.6 Å². The molecule has 1 aliphatic rings. The third-order valence-electron chi connectivity index (χ3n) is 2.68. The summed E-state index contributed by atoms with van der Waals surface area (Å²) < 4.78 is 0. The molecule has 1 rings (SSSR count). The van der Waals surface area contributed by atoms with Crippen LogP contribution in [0.15, 0.2) is 72.9 Å². The van der Waals surface area contributed by atoms with E-state index >= 15 is 0 Å². The molecule has 0 spiro atoms. The predicted molar refractivity (Wildman–Crippen MR) is 76.9 cm³/mol. The van der Waals surface area contributed by atoms with Crippen molar-refractivity contribution in [3.05, 3.63) is 72.9 Å². The van der Waals surface area contributed by atoms with Crippen molar-refractivity contribution in [2.24, 2.45) is 0 Å². The standard InChI is InChI=1S/C16H21N/c1-5-8-14(6-2)15(7-3)10-9-13(4)11-16-12-17-16/h5-10,16-17H,1-3,11-12H2,4H3/b13-9+,14-8+,15-10+.